The van der Waals surface area contributed by atoms with E-state index in [4.69, 9.17) is 14.0 Å². The SMILES string of the molecule is CCOC(=O)C(C)(C)c1nnc(-c2cc(-c3ccon3)n(Cc3ccccc3F)n2)nc1OC. The maximum absolute atomic E-state index is 14.3. The molecular weight excluding hydrogens is 443 g/mol. The van der Waals surface area contributed by atoms with Crippen molar-refractivity contribution in [1.82, 2.24) is 30.1 Å². The number of esters is 1. The topological polar surface area (TPSA) is 118 Å². The first kappa shape index (κ1) is 23.0. The van der Waals surface area contributed by atoms with Gasteiger partial charge in [-0.05, 0) is 32.9 Å². The molecule has 0 bridgehead atoms. The van der Waals surface area contributed by atoms with Gasteiger partial charge >= 0.3 is 5.97 Å². The Morgan fingerprint density at radius 2 is 1.97 bits per heavy atom. The molecule has 0 N–H and O–H groups in total. The summed E-state index contributed by atoms with van der Waals surface area (Å²) in [5.41, 5.74) is 1.00. The molecule has 0 aliphatic carbocycles. The van der Waals surface area contributed by atoms with Crippen LogP contribution in [0.15, 0.2) is 47.2 Å². The number of carbonyl (C=O) groups is 1. The standard InChI is InChI=1S/C23H23FN6O4/c1-5-33-22(31)23(2,3)19-21(32-4)25-20(27-26-19)17-12-18(16-10-11-34-29-16)30(28-17)13-14-8-6-7-9-15(14)24/h6-12H,5,13H2,1-4H3. The van der Waals surface area contributed by atoms with Gasteiger partial charge in [0.05, 0.1) is 26.0 Å². The number of halogens is 1. The first-order chi connectivity index (χ1) is 16.3. The third-order valence-electron chi connectivity index (χ3n) is 5.21. The summed E-state index contributed by atoms with van der Waals surface area (Å²) in [5.74, 6) is -0.539. The molecule has 10 nitrogen and oxygen atoms in total. The second-order valence-corrected chi connectivity index (χ2v) is 7.89. The Kier molecular flexibility index (Phi) is 6.35. The zero-order valence-corrected chi connectivity index (χ0v) is 19.1. The Labute approximate surface area is 194 Å². The van der Waals surface area contributed by atoms with Crippen LogP contribution in [0.3, 0.4) is 0 Å². The van der Waals surface area contributed by atoms with Gasteiger partial charge in [-0.15, -0.1) is 10.2 Å². The van der Waals surface area contributed by atoms with Crippen LogP contribution in [0, 0.1) is 5.82 Å². The molecule has 0 aliphatic rings. The van der Waals surface area contributed by atoms with Crippen molar-refractivity contribution < 1.29 is 23.2 Å². The highest BCUT2D eigenvalue weighted by Crippen LogP contribution is 2.31. The van der Waals surface area contributed by atoms with Crippen LogP contribution in [0.4, 0.5) is 4.39 Å². The van der Waals surface area contributed by atoms with Crippen LogP contribution >= 0.6 is 0 Å². The molecule has 0 unspecified atom stereocenters. The lowest BCUT2D eigenvalue weighted by atomic mass is 9.89. The molecule has 3 aromatic heterocycles. The molecule has 0 amide bonds. The second kappa shape index (κ2) is 9.38. The minimum Gasteiger partial charge on any atom is -0.480 e. The first-order valence-corrected chi connectivity index (χ1v) is 10.5. The van der Waals surface area contributed by atoms with Crippen LogP contribution in [0.25, 0.3) is 22.9 Å². The fourth-order valence-corrected chi connectivity index (χ4v) is 3.35. The Hall–Kier alpha value is -4.15. The molecule has 176 valence electrons. The molecule has 0 radical (unpaired) electrons. The van der Waals surface area contributed by atoms with Gasteiger partial charge in [0.15, 0.2) is 0 Å². The Morgan fingerprint density at radius 3 is 2.65 bits per heavy atom. The zero-order chi connectivity index (χ0) is 24.3. The van der Waals surface area contributed by atoms with Crippen LogP contribution in [0.2, 0.25) is 0 Å². The number of carbonyl (C=O) groups excluding carboxylic acids is 1. The van der Waals surface area contributed by atoms with Gasteiger partial charge in [-0.25, -0.2) is 4.39 Å². The minimum atomic E-state index is -1.13. The van der Waals surface area contributed by atoms with Crippen LogP contribution in [0.5, 0.6) is 5.88 Å². The van der Waals surface area contributed by atoms with Crippen molar-refractivity contribution in [3.63, 3.8) is 0 Å². The summed E-state index contributed by atoms with van der Waals surface area (Å²) in [6, 6.07) is 9.81. The van der Waals surface area contributed by atoms with E-state index in [2.05, 4.69) is 25.4 Å². The molecule has 0 atom stereocenters. The maximum Gasteiger partial charge on any atom is 0.317 e. The largest absolute Gasteiger partial charge is 0.480 e. The van der Waals surface area contributed by atoms with Crippen molar-refractivity contribution in [2.24, 2.45) is 0 Å². The number of hydrogen-bond acceptors (Lipinski definition) is 9. The summed E-state index contributed by atoms with van der Waals surface area (Å²) in [5, 5.41) is 16.9. The third kappa shape index (κ3) is 4.36. The van der Waals surface area contributed by atoms with Gasteiger partial charge in [-0.1, -0.05) is 23.4 Å². The summed E-state index contributed by atoms with van der Waals surface area (Å²) < 4.78 is 31.4. The minimum absolute atomic E-state index is 0.120. The van der Waals surface area contributed by atoms with E-state index >= 15 is 0 Å². The Morgan fingerprint density at radius 1 is 1.18 bits per heavy atom. The highest BCUT2D eigenvalue weighted by Gasteiger charge is 2.37. The third-order valence-corrected chi connectivity index (χ3v) is 5.21. The van der Waals surface area contributed by atoms with Crippen molar-refractivity contribution in [1.29, 1.82) is 0 Å². The highest BCUT2D eigenvalue weighted by molar-refractivity contribution is 5.82. The molecule has 0 fully saturated rings. The lowest BCUT2D eigenvalue weighted by Gasteiger charge is -2.22. The number of methoxy groups -OCH3 is 1. The zero-order valence-electron chi connectivity index (χ0n) is 19.1. The molecule has 0 aliphatic heterocycles. The van der Waals surface area contributed by atoms with Gasteiger partial charge in [0, 0.05) is 11.6 Å². The van der Waals surface area contributed by atoms with Gasteiger partial charge < -0.3 is 14.0 Å². The normalized spacial score (nSPS) is 11.4. The molecule has 4 aromatic rings. The Balaban J connectivity index is 1.76. The van der Waals surface area contributed by atoms with Gasteiger partial charge in [-0.3, -0.25) is 9.48 Å². The van der Waals surface area contributed by atoms with E-state index in [1.54, 1.807) is 55.8 Å². The van der Waals surface area contributed by atoms with E-state index in [-0.39, 0.29) is 36.4 Å². The van der Waals surface area contributed by atoms with E-state index in [1.807, 2.05) is 0 Å². The predicted molar refractivity (Wildman–Crippen MR) is 118 cm³/mol. The first-order valence-electron chi connectivity index (χ1n) is 10.5. The number of ether oxygens (including phenoxy) is 2. The van der Waals surface area contributed by atoms with Crippen LogP contribution in [-0.2, 0) is 21.5 Å². The van der Waals surface area contributed by atoms with Gasteiger partial charge in [0.2, 0.25) is 11.7 Å². The number of benzene rings is 1. The summed E-state index contributed by atoms with van der Waals surface area (Å²) in [6.45, 7) is 5.42. The lowest BCUT2D eigenvalue weighted by molar-refractivity contribution is -0.149. The average molecular weight is 466 g/mol. The summed E-state index contributed by atoms with van der Waals surface area (Å²) >= 11 is 0. The molecule has 0 saturated heterocycles. The molecule has 3 heterocycles. The maximum atomic E-state index is 14.3. The number of nitrogens with zero attached hydrogens (tertiary/aromatic N) is 6. The summed E-state index contributed by atoms with van der Waals surface area (Å²) in [7, 11) is 1.43. The van der Waals surface area contributed by atoms with Crippen molar-refractivity contribution >= 4 is 5.97 Å². The molecule has 1 aromatic carbocycles. The second-order valence-electron chi connectivity index (χ2n) is 7.89. The average Bonchev–Trinajstić information content (AvgIpc) is 3.50. The number of rotatable bonds is 8. The van der Waals surface area contributed by atoms with E-state index in [1.165, 1.54) is 19.4 Å². The van der Waals surface area contributed by atoms with E-state index in [9.17, 15) is 9.18 Å². The Bertz CT molecular complexity index is 1300. The molecule has 11 heteroatoms. The van der Waals surface area contributed by atoms with Crippen LogP contribution < -0.4 is 4.74 Å². The van der Waals surface area contributed by atoms with E-state index in [0.29, 0.717) is 22.6 Å². The molecule has 0 saturated carbocycles. The van der Waals surface area contributed by atoms with E-state index in [0.717, 1.165) is 0 Å². The smallest absolute Gasteiger partial charge is 0.317 e. The quantitative estimate of drug-likeness (QED) is 0.360. The summed E-state index contributed by atoms with van der Waals surface area (Å²) in [6.07, 6.45) is 1.43. The van der Waals surface area contributed by atoms with E-state index < -0.39 is 11.4 Å². The van der Waals surface area contributed by atoms with Crippen LogP contribution in [-0.4, -0.2) is 49.8 Å². The van der Waals surface area contributed by atoms with Gasteiger partial charge in [0.25, 0.3) is 0 Å². The molecule has 4 rings (SSSR count). The number of aromatic nitrogens is 6. The van der Waals surface area contributed by atoms with Crippen molar-refractivity contribution in [3.05, 3.63) is 59.7 Å². The van der Waals surface area contributed by atoms with Crippen LogP contribution in [0.1, 0.15) is 32.0 Å². The van der Waals surface area contributed by atoms with Gasteiger partial charge in [-0.2, -0.15) is 10.1 Å². The summed E-state index contributed by atoms with van der Waals surface area (Å²) in [4.78, 5) is 16.9. The molecule has 0 spiro atoms. The fraction of sp³-hybridized carbons (Fsp3) is 0.304. The van der Waals surface area contributed by atoms with Crippen molar-refractivity contribution in [3.8, 4) is 28.8 Å². The fourth-order valence-electron chi connectivity index (χ4n) is 3.35. The van der Waals surface area contributed by atoms with Crippen molar-refractivity contribution in [2.45, 2.75) is 32.7 Å². The molecule has 34 heavy (non-hydrogen) atoms. The van der Waals surface area contributed by atoms with Crippen molar-refractivity contribution in [2.75, 3.05) is 13.7 Å². The van der Waals surface area contributed by atoms with Gasteiger partial charge in [0.1, 0.15) is 34.6 Å². The lowest BCUT2D eigenvalue weighted by Crippen LogP contribution is -2.33. The monoisotopic (exact) mass is 466 g/mol. The number of hydrogen-bond donors (Lipinski definition) is 0. The predicted octanol–water partition coefficient (Wildman–Crippen LogP) is 3.43. The highest BCUT2D eigenvalue weighted by atomic mass is 19.1. The molecular formula is C23H23FN6O4.